The summed E-state index contributed by atoms with van der Waals surface area (Å²) in [6, 6.07) is 1.75. The molecule has 3 aromatic heterocycles. The Morgan fingerprint density at radius 1 is 1.29 bits per heavy atom. The number of aromatic amines is 1. The molecule has 8 nitrogen and oxygen atoms in total. The van der Waals surface area contributed by atoms with E-state index in [1.807, 2.05) is 6.20 Å². The zero-order valence-electron chi connectivity index (χ0n) is 12.8. The van der Waals surface area contributed by atoms with Gasteiger partial charge < -0.3 is 9.72 Å². The average molecular weight is 347 g/mol. The standard InChI is InChI=1S/C15H17N5O3S/c16-24(21,22)13-8-18-15-12(13)5-10(6-17-15)11-7-19-20(9-11)14-3-1-2-4-23-14/h5-9,14H,1-4H2,(H,17,18)(H2,16,21,22). The van der Waals surface area contributed by atoms with Crippen LogP contribution in [0.15, 0.2) is 35.7 Å². The van der Waals surface area contributed by atoms with Crippen molar-refractivity contribution in [3.63, 3.8) is 0 Å². The van der Waals surface area contributed by atoms with Gasteiger partial charge in [0.2, 0.25) is 10.0 Å². The second kappa shape index (κ2) is 5.69. The highest BCUT2D eigenvalue weighted by Crippen LogP contribution is 2.28. The number of nitrogens with two attached hydrogens (primary N) is 1. The number of rotatable bonds is 3. The molecule has 3 N–H and O–H groups in total. The summed E-state index contributed by atoms with van der Waals surface area (Å²) in [5.74, 6) is 0. The fraction of sp³-hybridized carbons (Fsp3) is 0.333. The Kier molecular flexibility index (Phi) is 3.63. The van der Waals surface area contributed by atoms with Gasteiger partial charge in [0.15, 0.2) is 0 Å². The molecule has 4 heterocycles. The number of hydrogen-bond donors (Lipinski definition) is 2. The van der Waals surface area contributed by atoms with Crippen LogP contribution in [0.4, 0.5) is 0 Å². The Hall–Kier alpha value is -2.23. The van der Waals surface area contributed by atoms with E-state index in [1.54, 1.807) is 23.1 Å². The van der Waals surface area contributed by atoms with E-state index in [9.17, 15) is 8.42 Å². The molecular weight excluding hydrogens is 330 g/mol. The van der Waals surface area contributed by atoms with Crippen molar-refractivity contribution >= 4 is 21.1 Å². The molecule has 0 aromatic carbocycles. The monoisotopic (exact) mass is 347 g/mol. The fourth-order valence-corrected chi connectivity index (χ4v) is 3.63. The minimum atomic E-state index is -3.81. The summed E-state index contributed by atoms with van der Waals surface area (Å²) in [7, 11) is -3.81. The molecule has 1 unspecified atom stereocenters. The van der Waals surface area contributed by atoms with Gasteiger partial charge in [0, 0.05) is 41.7 Å². The third kappa shape index (κ3) is 2.70. The minimum Gasteiger partial charge on any atom is -0.357 e. The van der Waals surface area contributed by atoms with E-state index < -0.39 is 10.0 Å². The van der Waals surface area contributed by atoms with Crippen LogP contribution in [0.5, 0.6) is 0 Å². The third-order valence-electron chi connectivity index (χ3n) is 4.19. The molecule has 1 saturated heterocycles. The number of nitrogens with one attached hydrogen (secondary N) is 1. The smallest absolute Gasteiger partial charge is 0.240 e. The lowest BCUT2D eigenvalue weighted by atomic mass is 10.1. The molecule has 0 bridgehead atoms. The van der Waals surface area contributed by atoms with Crippen LogP contribution in [0.25, 0.3) is 22.2 Å². The van der Waals surface area contributed by atoms with Crippen LogP contribution in [-0.2, 0) is 14.8 Å². The average Bonchev–Trinajstić information content (AvgIpc) is 3.21. The number of primary sulfonamides is 1. The Bertz CT molecular complexity index is 986. The SMILES string of the molecule is NS(=O)(=O)c1c[nH]c2ncc(-c3cnn(C4CCCCO4)c3)cc12. The quantitative estimate of drug-likeness (QED) is 0.749. The molecule has 0 amide bonds. The van der Waals surface area contributed by atoms with Crippen LogP contribution < -0.4 is 5.14 Å². The number of fused-ring (bicyclic) bond motifs is 1. The van der Waals surface area contributed by atoms with Gasteiger partial charge in [-0.15, -0.1) is 0 Å². The van der Waals surface area contributed by atoms with Crippen LogP contribution in [0.1, 0.15) is 25.5 Å². The van der Waals surface area contributed by atoms with Crippen LogP contribution >= 0.6 is 0 Å². The van der Waals surface area contributed by atoms with E-state index in [4.69, 9.17) is 9.88 Å². The van der Waals surface area contributed by atoms with Crippen LogP contribution in [0.3, 0.4) is 0 Å². The summed E-state index contributed by atoms with van der Waals surface area (Å²) >= 11 is 0. The third-order valence-corrected chi connectivity index (χ3v) is 5.14. The Morgan fingerprint density at radius 2 is 2.17 bits per heavy atom. The van der Waals surface area contributed by atoms with Crippen molar-refractivity contribution in [1.82, 2.24) is 19.7 Å². The maximum Gasteiger partial charge on any atom is 0.240 e. The number of hydrogen-bond acceptors (Lipinski definition) is 5. The number of sulfonamides is 1. The summed E-state index contributed by atoms with van der Waals surface area (Å²) < 4.78 is 30.8. The molecule has 3 aromatic rings. The second-order valence-electron chi connectivity index (χ2n) is 5.85. The minimum absolute atomic E-state index is 0.0369. The second-order valence-corrected chi connectivity index (χ2v) is 7.38. The van der Waals surface area contributed by atoms with Gasteiger partial charge in [0.1, 0.15) is 16.8 Å². The Balaban J connectivity index is 1.73. The van der Waals surface area contributed by atoms with Crippen molar-refractivity contribution in [1.29, 1.82) is 0 Å². The van der Waals surface area contributed by atoms with Gasteiger partial charge in [-0.3, -0.25) is 0 Å². The predicted octanol–water partition coefficient (Wildman–Crippen LogP) is 1.77. The molecule has 24 heavy (non-hydrogen) atoms. The van der Waals surface area contributed by atoms with E-state index >= 15 is 0 Å². The lowest BCUT2D eigenvalue weighted by Gasteiger charge is -2.22. The van der Waals surface area contributed by atoms with Gasteiger partial charge in [-0.25, -0.2) is 23.2 Å². The van der Waals surface area contributed by atoms with Crippen LogP contribution in [0, 0.1) is 0 Å². The van der Waals surface area contributed by atoms with Gasteiger partial charge in [-0.2, -0.15) is 5.10 Å². The molecule has 1 atom stereocenters. The zero-order valence-corrected chi connectivity index (χ0v) is 13.7. The largest absolute Gasteiger partial charge is 0.357 e. The molecule has 9 heteroatoms. The molecule has 1 aliphatic rings. The molecule has 1 aliphatic heterocycles. The van der Waals surface area contributed by atoms with Gasteiger partial charge in [-0.05, 0) is 25.3 Å². The van der Waals surface area contributed by atoms with E-state index in [0.29, 0.717) is 11.0 Å². The number of pyridine rings is 1. The molecule has 4 rings (SSSR count). The number of nitrogens with zero attached hydrogens (tertiary/aromatic N) is 3. The first kappa shape index (κ1) is 15.3. The predicted molar refractivity (Wildman–Crippen MR) is 87.5 cm³/mol. The maximum atomic E-state index is 11.7. The van der Waals surface area contributed by atoms with Crippen molar-refractivity contribution in [2.75, 3.05) is 6.61 Å². The van der Waals surface area contributed by atoms with Gasteiger partial charge >= 0.3 is 0 Å². The Labute approximate surface area is 138 Å². The zero-order chi connectivity index (χ0) is 16.7. The summed E-state index contributed by atoms with van der Waals surface area (Å²) in [6.07, 6.45) is 9.74. The lowest BCUT2D eigenvalue weighted by molar-refractivity contribution is -0.0394. The summed E-state index contributed by atoms with van der Waals surface area (Å²) in [6.45, 7) is 0.744. The van der Waals surface area contributed by atoms with E-state index in [1.165, 1.54) is 6.20 Å². The topological polar surface area (TPSA) is 116 Å². The maximum absolute atomic E-state index is 11.7. The van der Waals surface area contributed by atoms with Crippen molar-refractivity contribution in [3.8, 4) is 11.1 Å². The van der Waals surface area contributed by atoms with Crippen molar-refractivity contribution in [3.05, 3.63) is 30.9 Å². The van der Waals surface area contributed by atoms with Crippen molar-refractivity contribution in [2.24, 2.45) is 5.14 Å². The van der Waals surface area contributed by atoms with E-state index in [0.717, 1.165) is 37.0 Å². The fourth-order valence-electron chi connectivity index (χ4n) is 2.95. The van der Waals surface area contributed by atoms with E-state index in [2.05, 4.69) is 15.1 Å². The summed E-state index contributed by atoms with van der Waals surface area (Å²) in [5.41, 5.74) is 2.10. The Morgan fingerprint density at radius 3 is 2.92 bits per heavy atom. The highest BCUT2D eigenvalue weighted by molar-refractivity contribution is 7.89. The summed E-state index contributed by atoms with van der Waals surface area (Å²) in [5, 5.41) is 10.1. The van der Waals surface area contributed by atoms with Crippen molar-refractivity contribution in [2.45, 2.75) is 30.4 Å². The number of ether oxygens (including phenoxy) is 1. The molecular formula is C15H17N5O3S. The normalized spacial score (nSPS) is 19.0. The van der Waals surface area contributed by atoms with Crippen LogP contribution in [-0.4, -0.2) is 34.8 Å². The first-order valence-corrected chi connectivity index (χ1v) is 9.23. The highest BCUT2D eigenvalue weighted by Gasteiger charge is 2.18. The molecule has 1 fully saturated rings. The molecule has 126 valence electrons. The number of H-pyrrole nitrogens is 1. The summed E-state index contributed by atoms with van der Waals surface area (Å²) in [4.78, 5) is 7.13. The molecule has 0 radical (unpaired) electrons. The van der Waals surface area contributed by atoms with E-state index in [-0.39, 0.29) is 11.1 Å². The molecule has 0 saturated carbocycles. The van der Waals surface area contributed by atoms with Crippen LogP contribution in [0.2, 0.25) is 0 Å². The van der Waals surface area contributed by atoms with Gasteiger partial charge in [0.25, 0.3) is 0 Å². The van der Waals surface area contributed by atoms with Crippen molar-refractivity contribution < 1.29 is 13.2 Å². The van der Waals surface area contributed by atoms with Gasteiger partial charge in [0.05, 0.1) is 6.20 Å². The lowest BCUT2D eigenvalue weighted by Crippen LogP contribution is -2.18. The molecule has 0 aliphatic carbocycles. The first-order chi connectivity index (χ1) is 11.5. The molecule has 0 spiro atoms. The highest BCUT2D eigenvalue weighted by atomic mass is 32.2. The number of aromatic nitrogens is 4. The van der Waals surface area contributed by atoms with Gasteiger partial charge in [-0.1, -0.05) is 0 Å². The first-order valence-electron chi connectivity index (χ1n) is 7.68.